The van der Waals surface area contributed by atoms with Crippen molar-refractivity contribution in [3.63, 3.8) is 0 Å². The Hall–Kier alpha value is -2.27. The van der Waals surface area contributed by atoms with Gasteiger partial charge in [-0.2, -0.15) is 0 Å². The highest BCUT2D eigenvalue weighted by Gasteiger charge is 2.24. The standard InChI is InChI=1S/C15H16ClN3O2/c1-10(11-6-3-4-7-12(11)16)18(2)14-9-5-8-13(17)15(14)19(20)21/h3-10H,17H2,1-2H3. The van der Waals surface area contributed by atoms with Crippen LogP contribution in [-0.2, 0) is 0 Å². The van der Waals surface area contributed by atoms with Crippen molar-refractivity contribution in [1.29, 1.82) is 0 Å². The second-order valence-electron chi connectivity index (χ2n) is 4.78. The Morgan fingerprint density at radius 1 is 1.24 bits per heavy atom. The Bertz CT molecular complexity index is 676. The molecule has 6 heteroatoms. The minimum absolute atomic E-state index is 0.0843. The Labute approximate surface area is 128 Å². The van der Waals surface area contributed by atoms with Crippen molar-refractivity contribution in [3.8, 4) is 0 Å². The second-order valence-corrected chi connectivity index (χ2v) is 5.19. The van der Waals surface area contributed by atoms with Crippen LogP contribution in [0.4, 0.5) is 17.1 Å². The predicted molar refractivity (Wildman–Crippen MR) is 85.8 cm³/mol. The average molecular weight is 306 g/mol. The van der Waals surface area contributed by atoms with Crippen LogP contribution >= 0.6 is 11.6 Å². The molecule has 110 valence electrons. The van der Waals surface area contributed by atoms with E-state index in [0.29, 0.717) is 10.7 Å². The minimum atomic E-state index is -0.458. The summed E-state index contributed by atoms with van der Waals surface area (Å²) in [7, 11) is 1.79. The fraction of sp³-hybridized carbons (Fsp3) is 0.200. The van der Waals surface area contributed by atoms with Crippen molar-refractivity contribution in [2.24, 2.45) is 0 Å². The topological polar surface area (TPSA) is 72.4 Å². The number of halogens is 1. The summed E-state index contributed by atoms with van der Waals surface area (Å²) in [6, 6.07) is 12.2. The van der Waals surface area contributed by atoms with Crippen molar-refractivity contribution in [1.82, 2.24) is 0 Å². The van der Waals surface area contributed by atoms with Crippen molar-refractivity contribution in [3.05, 3.63) is 63.2 Å². The van der Waals surface area contributed by atoms with Crippen LogP contribution < -0.4 is 10.6 Å². The first-order chi connectivity index (χ1) is 9.93. The van der Waals surface area contributed by atoms with Gasteiger partial charge in [0, 0.05) is 12.1 Å². The van der Waals surface area contributed by atoms with Crippen molar-refractivity contribution in [2.45, 2.75) is 13.0 Å². The van der Waals surface area contributed by atoms with Gasteiger partial charge >= 0.3 is 5.69 Å². The van der Waals surface area contributed by atoms with Crippen LogP contribution in [0.3, 0.4) is 0 Å². The van der Waals surface area contributed by atoms with E-state index in [0.717, 1.165) is 5.56 Å². The van der Waals surface area contributed by atoms with E-state index in [4.69, 9.17) is 17.3 Å². The molecule has 21 heavy (non-hydrogen) atoms. The van der Waals surface area contributed by atoms with Gasteiger partial charge in [-0.1, -0.05) is 35.9 Å². The van der Waals surface area contributed by atoms with Crippen LogP contribution in [0.2, 0.25) is 5.02 Å². The molecule has 2 aromatic carbocycles. The van der Waals surface area contributed by atoms with E-state index in [1.165, 1.54) is 6.07 Å². The molecule has 0 radical (unpaired) electrons. The molecule has 0 heterocycles. The number of nitro benzene ring substituents is 1. The smallest absolute Gasteiger partial charge is 0.315 e. The SMILES string of the molecule is CC(c1ccccc1Cl)N(C)c1cccc(N)c1[N+](=O)[O-]. The molecule has 0 bridgehead atoms. The van der Waals surface area contributed by atoms with Gasteiger partial charge in [0.25, 0.3) is 0 Å². The summed E-state index contributed by atoms with van der Waals surface area (Å²) in [5.41, 5.74) is 7.17. The van der Waals surface area contributed by atoms with Gasteiger partial charge in [-0.05, 0) is 30.7 Å². The van der Waals surface area contributed by atoms with Crippen molar-refractivity contribution >= 4 is 28.7 Å². The first-order valence-corrected chi connectivity index (χ1v) is 6.81. The zero-order valence-corrected chi connectivity index (χ0v) is 12.5. The third-order valence-electron chi connectivity index (χ3n) is 3.54. The fourth-order valence-electron chi connectivity index (χ4n) is 2.26. The normalized spacial score (nSPS) is 12.0. The number of nitrogens with zero attached hydrogens (tertiary/aromatic N) is 2. The monoisotopic (exact) mass is 305 g/mol. The Kier molecular flexibility index (Phi) is 4.33. The fourth-order valence-corrected chi connectivity index (χ4v) is 2.56. The lowest BCUT2D eigenvalue weighted by Crippen LogP contribution is -2.23. The zero-order chi connectivity index (χ0) is 15.6. The molecule has 1 atom stereocenters. The van der Waals surface area contributed by atoms with Gasteiger partial charge in [0.15, 0.2) is 0 Å². The third-order valence-corrected chi connectivity index (χ3v) is 3.89. The van der Waals surface area contributed by atoms with Gasteiger partial charge in [-0.25, -0.2) is 0 Å². The van der Waals surface area contributed by atoms with Crippen LogP contribution in [0.25, 0.3) is 0 Å². The van der Waals surface area contributed by atoms with Crippen molar-refractivity contribution in [2.75, 3.05) is 17.7 Å². The van der Waals surface area contributed by atoms with Gasteiger partial charge in [-0.15, -0.1) is 0 Å². The van der Waals surface area contributed by atoms with Gasteiger partial charge in [0.2, 0.25) is 0 Å². The summed E-state index contributed by atoms with van der Waals surface area (Å²) in [4.78, 5) is 12.6. The summed E-state index contributed by atoms with van der Waals surface area (Å²) in [6.45, 7) is 1.94. The summed E-state index contributed by atoms with van der Waals surface area (Å²) in [5.74, 6) is 0. The number of hydrogen-bond acceptors (Lipinski definition) is 4. The first kappa shape index (κ1) is 15.1. The van der Waals surface area contributed by atoms with Crippen LogP contribution in [0.1, 0.15) is 18.5 Å². The lowest BCUT2D eigenvalue weighted by Gasteiger charge is -2.28. The maximum Gasteiger partial charge on any atom is 0.315 e. The summed E-state index contributed by atoms with van der Waals surface area (Å²) in [5, 5.41) is 11.9. The largest absolute Gasteiger partial charge is 0.393 e. The molecule has 0 saturated carbocycles. The molecule has 0 aliphatic carbocycles. The number of rotatable bonds is 4. The number of hydrogen-bond donors (Lipinski definition) is 1. The number of nitrogens with two attached hydrogens (primary N) is 1. The molecule has 2 rings (SSSR count). The quantitative estimate of drug-likeness (QED) is 0.526. The highest BCUT2D eigenvalue weighted by Crippen LogP contribution is 2.37. The Balaban J connectivity index is 2.46. The Morgan fingerprint density at radius 2 is 1.90 bits per heavy atom. The summed E-state index contributed by atoms with van der Waals surface area (Å²) < 4.78 is 0. The number of para-hydroxylation sites is 1. The molecule has 0 fully saturated rings. The maximum absolute atomic E-state index is 11.2. The number of benzene rings is 2. The lowest BCUT2D eigenvalue weighted by atomic mass is 10.1. The number of nitrogen functional groups attached to an aromatic ring is 1. The second kappa shape index (κ2) is 6.01. The molecule has 2 N–H and O–H groups in total. The van der Waals surface area contributed by atoms with Crippen LogP contribution in [-0.4, -0.2) is 12.0 Å². The molecule has 0 aliphatic heterocycles. The lowest BCUT2D eigenvalue weighted by molar-refractivity contribution is -0.383. The molecule has 0 amide bonds. The van der Waals surface area contributed by atoms with E-state index in [1.807, 2.05) is 25.1 Å². The first-order valence-electron chi connectivity index (χ1n) is 6.43. The molecule has 0 aliphatic rings. The molecule has 0 spiro atoms. The highest BCUT2D eigenvalue weighted by atomic mass is 35.5. The molecule has 1 unspecified atom stereocenters. The molecule has 0 saturated heterocycles. The van der Waals surface area contributed by atoms with Crippen LogP contribution in [0.15, 0.2) is 42.5 Å². The van der Waals surface area contributed by atoms with E-state index in [9.17, 15) is 10.1 Å². The van der Waals surface area contributed by atoms with Crippen LogP contribution in [0.5, 0.6) is 0 Å². The predicted octanol–water partition coefficient (Wildman–Crippen LogP) is 4.03. The van der Waals surface area contributed by atoms with Crippen LogP contribution in [0, 0.1) is 10.1 Å². The summed E-state index contributed by atoms with van der Waals surface area (Å²) >= 11 is 6.20. The maximum atomic E-state index is 11.2. The van der Waals surface area contributed by atoms with Crippen molar-refractivity contribution < 1.29 is 4.92 Å². The van der Waals surface area contributed by atoms with Gasteiger partial charge < -0.3 is 10.6 Å². The molecular formula is C15H16ClN3O2. The number of anilines is 2. The third kappa shape index (κ3) is 2.92. The van der Waals surface area contributed by atoms with E-state index >= 15 is 0 Å². The number of nitro groups is 1. The highest BCUT2D eigenvalue weighted by molar-refractivity contribution is 6.31. The van der Waals surface area contributed by atoms with Gasteiger partial charge in [0.05, 0.1) is 11.0 Å². The minimum Gasteiger partial charge on any atom is -0.393 e. The van der Waals surface area contributed by atoms with E-state index in [-0.39, 0.29) is 17.4 Å². The average Bonchev–Trinajstić information content (AvgIpc) is 2.45. The summed E-state index contributed by atoms with van der Waals surface area (Å²) in [6.07, 6.45) is 0. The van der Waals surface area contributed by atoms with E-state index in [1.54, 1.807) is 30.1 Å². The molecule has 5 nitrogen and oxygen atoms in total. The van der Waals surface area contributed by atoms with E-state index < -0.39 is 4.92 Å². The zero-order valence-electron chi connectivity index (χ0n) is 11.8. The Morgan fingerprint density at radius 3 is 2.52 bits per heavy atom. The van der Waals surface area contributed by atoms with Gasteiger partial charge in [0.1, 0.15) is 11.4 Å². The molecule has 0 aromatic heterocycles. The van der Waals surface area contributed by atoms with E-state index in [2.05, 4.69) is 0 Å². The molecule has 2 aromatic rings. The molecular weight excluding hydrogens is 290 g/mol. The van der Waals surface area contributed by atoms with Gasteiger partial charge in [-0.3, -0.25) is 10.1 Å².